The number of rotatable bonds is 5. The predicted molar refractivity (Wildman–Crippen MR) is 65.5 cm³/mol. The largest absolute Gasteiger partial charge is 0.311 e. The monoisotopic (exact) mass is 236 g/mol. The van der Waals surface area contributed by atoms with Crippen molar-refractivity contribution in [3.8, 4) is 0 Å². The highest BCUT2D eigenvalue weighted by atomic mass is 32.1. The lowest BCUT2D eigenvalue weighted by Crippen LogP contribution is -2.17. The van der Waals surface area contributed by atoms with E-state index in [-0.39, 0.29) is 0 Å². The van der Waals surface area contributed by atoms with Gasteiger partial charge in [0.1, 0.15) is 6.33 Å². The van der Waals surface area contributed by atoms with Crippen LogP contribution in [0.3, 0.4) is 0 Å². The Morgan fingerprint density at radius 3 is 3.00 bits per heavy atom. The molecule has 2 aromatic heterocycles. The topological polar surface area (TPSA) is 42.7 Å². The Morgan fingerprint density at radius 1 is 1.50 bits per heavy atom. The van der Waals surface area contributed by atoms with Gasteiger partial charge in [-0.3, -0.25) is 4.68 Å². The molecule has 0 atom stereocenters. The maximum absolute atomic E-state index is 4.23. The molecule has 2 rings (SSSR count). The number of nitrogens with zero attached hydrogens (tertiary/aromatic N) is 3. The molecule has 1 N–H and O–H groups in total. The number of hydrogen-bond donors (Lipinski definition) is 1. The normalized spacial score (nSPS) is 10.9. The van der Waals surface area contributed by atoms with Crippen molar-refractivity contribution in [2.45, 2.75) is 19.9 Å². The zero-order valence-corrected chi connectivity index (χ0v) is 10.4. The van der Waals surface area contributed by atoms with Gasteiger partial charge in [-0.15, -0.1) is 11.3 Å². The van der Waals surface area contributed by atoms with Gasteiger partial charge in [-0.25, -0.2) is 4.98 Å². The lowest BCUT2D eigenvalue weighted by molar-refractivity contribution is 0.664. The van der Waals surface area contributed by atoms with Crippen LogP contribution in [0.1, 0.15) is 16.3 Å². The molecule has 0 aliphatic heterocycles. The third-order valence-corrected chi connectivity index (χ3v) is 3.45. The van der Waals surface area contributed by atoms with Gasteiger partial charge in [-0.05, 0) is 23.9 Å². The maximum Gasteiger partial charge on any atom is 0.151 e. The smallest absolute Gasteiger partial charge is 0.151 e. The molecule has 4 nitrogen and oxygen atoms in total. The summed E-state index contributed by atoms with van der Waals surface area (Å²) in [5.74, 6) is 0.901. The third kappa shape index (κ3) is 2.90. The first kappa shape index (κ1) is 11.3. The minimum absolute atomic E-state index is 0.880. The average molecular weight is 236 g/mol. The van der Waals surface area contributed by atoms with E-state index in [9.17, 15) is 0 Å². The molecule has 16 heavy (non-hydrogen) atoms. The van der Waals surface area contributed by atoms with Crippen molar-refractivity contribution in [2.75, 3.05) is 6.54 Å². The summed E-state index contributed by atoms with van der Waals surface area (Å²) >= 11 is 1.80. The van der Waals surface area contributed by atoms with E-state index < -0.39 is 0 Å². The summed E-state index contributed by atoms with van der Waals surface area (Å²) in [6.07, 6.45) is 2.62. The van der Waals surface area contributed by atoms with Crippen molar-refractivity contribution < 1.29 is 0 Å². The zero-order chi connectivity index (χ0) is 11.4. The van der Waals surface area contributed by atoms with Crippen molar-refractivity contribution in [1.29, 1.82) is 0 Å². The van der Waals surface area contributed by atoms with Crippen LogP contribution in [0.5, 0.6) is 0 Å². The summed E-state index contributed by atoms with van der Waals surface area (Å²) < 4.78 is 1.73. The van der Waals surface area contributed by atoms with Crippen LogP contribution in [0.4, 0.5) is 0 Å². The minimum Gasteiger partial charge on any atom is -0.311 e. The first-order valence-corrected chi connectivity index (χ1v) is 6.22. The fourth-order valence-corrected chi connectivity index (χ4v) is 2.36. The van der Waals surface area contributed by atoms with Crippen molar-refractivity contribution >= 4 is 11.3 Å². The van der Waals surface area contributed by atoms with Crippen LogP contribution in [0.15, 0.2) is 17.8 Å². The maximum atomic E-state index is 4.23. The molecule has 0 radical (unpaired) electrons. The van der Waals surface area contributed by atoms with Crippen LogP contribution in [-0.2, 0) is 20.0 Å². The second kappa shape index (κ2) is 5.23. The summed E-state index contributed by atoms with van der Waals surface area (Å²) in [5, 5.41) is 9.77. The second-order valence-electron chi connectivity index (χ2n) is 3.79. The van der Waals surface area contributed by atoms with Gasteiger partial charge < -0.3 is 5.32 Å². The molecule has 0 saturated carbocycles. The van der Waals surface area contributed by atoms with Crippen LogP contribution in [0, 0.1) is 6.92 Å². The molecule has 0 amide bonds. The molecule has 0 fully saturated rings. The summed E-state index contributed by atoms with van der Waals surface area (Å²) in [6.45, 7) is 4.01. The van der Waals surface area contributed by atoms with Crippen LogP contribution < -0.4 is 5.32 Å². The third-order valence-electron chi connectivity index (χ3n) is 2.43. The van der Waals surface area contributed by atoms with Crippen molar-refractivity contribution in [1.82, 2.24) is 20.1 Å². The number of aryl methyl sites for hydroxylation is 2. The lowest BCUT2D eigenvalue weighted by Gasteiger charge is -2.01. The molecule has 2 heterocycles. The van der Waals surface area contributed by atoms with E-state index in [1.807, 2.05) is 7.05 Å². The first-order valence-electron chi connectivity index (χ1n) is 5.34. The molecule has 0 aromatic carbocycles. The molecule has 86 valence electrons. The highest BCUT2D eigenvalue weighted by molar-refractivity contribution is 7.10. The van der Waals surface area contributed by atoms with Gasteiger partial charge in [-0.1, -0.05) is 0 Å². The lowest BCUT2D eigenvalue weighted by atomic mass is 10.3. The Bertz CT molecular complexity index is 446. The van der Waals surface area contributed by atoms with Gasteiger partial charge in [0.25, 0.3) is 0 Å². The Morgan fingerprint density at radius 2 is 2.38 bits per heavy atom. The molecule has 5 heteroatoms. The van der Waals surface area contributed by atoms with Gasteiger partial charge in [-0.2, -0.15) is 5.10 Å². The van der Waals surface area contributed by atoms with E-state index in [2.05, 4.69) is 33.8 Å². The van der Waals surface area contributed by atoms with Crippen LogP contribution in [0.25, 0.3) is 0 Å². The first-order chi connectivity index (χ1) is 7.75. The summed E-state index contributed by atoms with van der Waals surface area (Å²) in [5.41, 5.74) is 1.37. The van der Waals surface area contributed by atoms with Gasteiger partial charge in [0.2, 0.25) is 0 Å². The highest BCUT2D eigenvalue weighted by Crippen LogP contribution is 2.14. The fourth-order valence-electron chi connectivity index (χ4n) is 1.49. The second-order valence-corrected chi connectivity index (χ2v) is 4.79. The standard InChI is InChI=1S/C11H16N4S/c1-9-4-6-16-10(9)7-12-5-3-11-13-8-15(2)14-11/h4,6,8,12H,3,5,7H2,1-2H3. The van der Waals surface area contributed by atoms with E-state index in [1.54, 1.807) is 22.3 Å². The molecule has 0 bridgehead atoms. The van der Waals surface area contributed by atoms with Gasteiger partial charge in [0, 0.05) is 31.4 Å². The number of nitrogens with one attached hydrogen (secondary N) is 1. The van der Waals surface area contributed by atoms with Crippen molar-refractivity contribution in [2.24, 2.45) is 7.05 Å². The quantitative estimate of drug-likeness (QED) is 0.800. The average Bonchev–Trinajstić information content (AvgIpc) is 2.83. The predicted octanol–water partition coefficient (Wildman–Crippen LogP) is 1.52. The molecule has 0 aliphatic rings. The van der Waals surface area contributed by atoms with E-state index in [1.165, 1.54) is 10.4 Å². The molecule has 2 aromatic rings. The van der Waals surface area contributed by atoms with Crippen LogP contribution >= 0.6 is 11.3 Å². The van der Waals surface area contributed by atoms with Gasteiger partial charge in [0.05, 0.1) is 0 Å². The van der Waals surface area contributed by atoms with Crippen molar-refractivity contribution in [3.63, 3.8) is 0 Å². The summed E-state index contributed by atoms with van der Waals surface area (Å²) in [4.78, 5) is 5.59. The van der Waals surface area contributed by atoms with Crippen LogP contribution in [-0.4, -0.2) is 21.3 Å². The molecule has 0 unspecified atom stereocenters. The number of aromatic nitrogens is 3. The van der Waals surface area contributed by atoms with Crippen LogP contribution in [0.2, 0.25) is 0 Å². The van der Waals surface area contributed by atoms with Gasteiger partial charge >= 0.3 is 0 Å². The van der Waals surface area contributed by atoms with E-state index in [4.69, 9.17) is 0 Å². The highest BCUT2D eigenvalue weighted by Gasteiger charge is 2.00. The SMILES string of the molecule is Cc1ccsc1CNCCc1ncn(C)n1. The molecule has 0 spiro atoms. The minimum atomic E-state index is 0.880. The Balaban J connectivity index is 1.71. The molecular formula is C11H16N4S. The molecule has 0 aliphatic carbocycles. The molecule has 0 saturated heterocycles. The Hall–Kier alpha value is -1.20. The number of hydrogen-bond acceptors (Lipinski definition) is 4. The summed E-state index contributed by atoms with van der Waals surface area (Å²) in [6, 6.07) is 2.15. The van der Waals surface area contributed by atoms with Gasteiger partial charge in [0.15, 0.2) is 5.82 Å². The zero-order valence-electron chi connectivity index (χ0n) is 9.60. The molecular weight excluding hydrogens is 220 g/mol. The Kier molecular flexibility index (Phi) is 3.69. The van der Waals surface area contributed by atoms with E-state index in [0.717, 1.165) is 25.3 Å². The number of thiophene rings is 1. The summed E-state index contributed by atoms with van der Waals surface area (Å²) in [7, 11) is 1.89. The fraction of sp³-hybridized carbons (Fsp3) is 0.455. The van der Waals surface area contributed by atoms with E-state index in [0.29, 0.717) is 0 Å². The Labute approximate surface area is 99.3 Å². The van der Waals surface area contributed by atoms with E-state index >= 15 is 0 Å². The van der Waals surface area contributed by atoms with Crippen molar-refractivity contribution in [3.05, 3.63) is 34.0 Å².